The van der Waals surface area contributed by atoms with E-state index in [1.165, 1.54) is 38.6 Å². The van der Waals surface area contributed by atoms with Crippen molar-refractivity contribution in [2.24, 2.45) is 17.8 Å². The van der Waals surface area contributed by atoms with Gasteiger partial charge in [-0.25, -0.2) is 0 Å². The molecule has 2 N–H and O–H groups in total. The second-order valence-corrected chi connectivity index (χ2v) is 7.10. The predicted octanol–water partition coefficient (Wildman–Crippen LogP) is 2.11. The fourth-order valence-corrected chi connectivity index (χ4v) is 3.35. The molecule has 1 heterocycles. The van der Waals surface area contributed by atoms with Gasteiger partial charge in [0, 0.05) is 25.7 Å². The van der Waals surface area contributed by atoms with Crippen molar-refractivity contribution >= 4 is 0 Å². The summed E-state index contributed by atoms with van der Waals surface area (Å²) in [5.74, 6) is 2.66. The van der Waals surface area contributed by atoms with Gasteiger partial charge in [0.05, 0.1) is 6.61 Å². The van der Waals surface area contributed by atoms with Crippen molar-refractivity contribution in [3.63, 3.8) is 0 Å². The number of nitrogens with zero attached hydrogens (tertiary/aromatic N) is 1. The maximum Gasteiger partial charge on any atom is 0.0558 e. The van der Waals surface area contributed by atoms with E-state index in [0.29, 0.717) is 12.6 Å². The SMILES string of the molecule is CC(C)CCNC1CC(CC2CC2)CN(CCO)C1. The second-order valence-electron chi connectivity index (χ2n) is 7.10. The van der Waals surface area contributed by atoms with Gasteiger partial charge in [-0.1, -0.05) is 26.7 Å². The van der Waals surface area contributed by atoms with E-state index in [1.807, 2.05) is 0 Å². The van der Waals surface area contributed by atoms with Crippen molar-refractivity contribution in [1.29, 1.82) is 0 Å². The Labute approximate surface area is 118 Å². The second kappa shape index (κ2) is 7.61. The Kier molecular flexibility index (Phi) is 6.11. The maximum atomic E-state index is 9.17. The van der Waals surface area contributed by atoms with E-state index in [1.54, 1.807) is 0 Å². The van der Waals surface area contributed by atoms with Crippen molar-refractivity contribution < 1.29 is 5.11 Å². The molecule has 2 fully saturated rings. The Hall–Kier alpha value is -0.120. The van der Waals surface area contributed by atoms with Gasteiger partial charge in [0.15, 0.2) is 0 Å². The van der Waals surface area contributed by atoms with E-state index in [9.17, 15) is 5.11 Å². The third-order valence-electron chi connectivity index (χ3n) is 4.55. The van der Waals surface area contributed by atoms with Gasteiger partial charge in [-0.2, -0.15) is 0 Å². The molecule has 0 aromatic heterocycles. The summed E-state index contributed by atoms with van der Waals surface area (Å²) in [6.07, 6.45) is 6.95. The summed E-state index contributed by atoms with van der Waals surface area (Å²) in [6, 6.07) is 0.641. The number of β-amino-alcohol motifs (C(OH)–C–C–N with tert-alkyl or cyclic N) is 1. The lowest BCUT2D eigenvalue weighted by Crippen LogP contribution is -2.50. The fourth-order valence-electron chi connectivity index (χ4n) is 3.35. The zero-order chi connectivity index (χ0) is 13.7. The molecule has 2 aliphatic rings. The molecule has 2 atom stereocenters. The summed E-state index contributed by atoms with van der Waals surface area (Å²) in [5.41, 5.74) is 0. The third-order valence-corrected chi connectivity index (χ3v) is 4.55. The summed E-state index contributed by atoms with van der Waals surface area (Å²) in [7, 11) is 0. The van der Waals surface area contributed by atoms with Gasteiger partial charge in [-0.15, -0.1) is 0 Å². The zero-order valence-electron chi connectivity index (χ0n) is 12.8. The summed E-state index contributed by atoms with van der Waals surface area (Å²) >= 11 is 0. The molecule has 2 unspecified atom stereocenters. The highest BCUT2D eigenvalue weighted by atomic mass is 16.3. The van der Waals surface area contributed by atoms with E-state index < -0.39 is 0 Å². The van der Waals surface area contributed by atoms with Crippen LogP contribution in [0.4, 0.5) is 0 Å². The van der Waals surface area contributed by atoms with Crippen LogP contribution < -0.4 is 5.32 Å². The minimum Gasteiger partial charge on any atom is -0.395 e. The van der Waals surface area contributed by atoms with Gasteiger partial charge >= 0.3 is 0 Å². The summed E-state index contributed by atoms with van der Waals surface area (Å²) in [4.78, 5) is 2.46. The predicted molar refractivity (Wildman–Crippen MR) is 80.2 cm³/mol. The normalized spacial score (nSPS) is 29.1. The Balaban J connectivity index is 1.75. The Morgan fingerprint density at radius 3 is 2.63 bits per heavy atom. The minimum atomic E-state index is 0.300. The largest absolute Gasteiger partial charge is 0.395 e. The van der Waals surface area contributed by atoms with Crippen molar-refractivity contribution in [1.82, 2.24) is 10.2 Å². The molecule has 2 rings (SSSR count). The van der Waals surface area contributed by atoms with E-state index in [2.05, 4.69) is 24.1 Å². The number of likely N-dealkylation sites (tertiary alicyclic amines) is 1. The van der Waals surface area contributed by atoms with Gasteiger partial charge in [0.25, 0.3) is 0 Å². The minimum absolute atomic E-state index is 0.300. The molecule has 3 heteroatoms. The van der Waals surface area contributed by atoms with Crippen LogP contribution in [0, 0.1) is 17.8 Å². The molecule has 1 aliphatic heterocycles. The molecule has 0 aromatic carbocycles. The molecular formula is C16H32N2O. The molecule has 0 bridgehead atoms. The zero-order valence-corrected chi connectivity index (χ0v) is 12.8. The average Bonchev–Trinajstić information content (AvgIpc) is 3.12. The molecule has 1 saturated carbocycles. The quantitative estimate of drug-likeness (QED) is 0.708. The summed E-state index contributed by atoms with van der Waals surface area (Å²) < 4.78 is 0. The van der Waals surface area contributed by atoms with E-state index >= 15 is 0 Å². The monoisotopic (exact) mass is 268 g/mol. The standard InChI is InChI=1S/C16H32N2O/c1-13(2)5-6-17-16-10-15(9-14-3-4-14)11-18(12-16)7-8-19/h13-17,19H,3-12H2,1-2H3. The van der Waals surface area contributed by atoms with Crippen molar-refractivity contribution in [2.45, 2.75) is 52.0 Å². The highest BCUT2D eigenvalue weighted by Gasteiger charge is 2.31. The Morgan fingerprint density at radius 2 is 2.00 bits per heavy atom. The lowest BCUT2D eigenvalue weighted by molar-refractivity contribution is 0.109. The van der Waals surface area contributed by atoms with E-state index in [0.717, 1.165) is 37.4 Å². The van der Waals surface area contributed by atoms with Crippen LogP contribution in [-0.2, 0) is 0 Å². The molecular weight excluding hydrogens is 236 g/mol. The molecule has 112 valence electrons. The first-order chi connectivity index (χ1) is 9.17. The van der Waals surface area contributed by atoms with Gasteiger partial charge in [0.2, 0.25) is 0 Å². The number of hydrogen-bond donors (Lipinski definition) is 2. The summed E-state index contributed by atoms with van der Waals surface area (Å²) in [6.45, 7) is 9.20. The maximum absolute atomic E-state index is 9.17. The average molecular weight is 268 g/mol. The van der Waals surface area contributed by atoms with E-state index in [4.69, 9.17) is 0 Å². The van der Waals surface area contributed by atoms with Crippen molar-refractivity contribution in [2.75, 3.05) is 32.8 Å². The number of aliphatic hydroxyl groups is 1. The number of hydrogen-bond acceptors (Lipinski definition) is 3. The first-order valence-corrected chi connectivity index (χ1v) is 8.24. The topological polar surface area (TPSA) is 35.5 Å². The molecule has 1 saturated heterocycles. The van der Waals surface area contributed by atoms with Crippen LogP contribution in [0.2, 0.25) is 0 Å². The molecule has 19 heavy (non-hydrogen) atoms. The van der Waals surface area contributed by atoms with E-state index in [-0.39, 0.29) is 0 Å². The smallest absolute Gasteiger partial charge is 0.0558 e. The molecule has 0 aromatic rings. The number of rotatable bonds is 8. The highest BCUT2D eigenvalue weighted by Crippen LogP contribution is 2.37. The Morgan fingerprint density at radius 1 is 1.21 bits per heavy atom. The van der Waals surface area contributed by atoms with Crippen LogP contribution in [0.3, 0.4) is 0 Å². The van der Waals surface area contributed by atoms with Crippen LogP contribution in [0.1, 0.15) is 46.0 Å². The number of piperidine rings is 1. The van der Waals surface area contributed by atoms with Gasteiger partial charge in [-0.05, 0) is 43.6 Å². The van der Waals surface area contributed by atoms with Crippen LogP contribution in [0.5, 0.6) is 0 Å². The third kappa shape index (κ3) is 5.80. The molecule has 1 aliphatic carbocycles. The van der Waals surface area contributed by atoms with Crippen molar-refractivity contribution in [3.05, 3.63) is 0 Å². The van der Waals surface area contributed by atoms with Crippen LogP contribution in [-0.4, -0.2) is 48.8 Å². The molecule has 3 nitrogen and oxygen atoms in total. The van der Waals surface area contributed by atoms with Gasteiger partial charge in [0.1, 0.15) is 0 Å². The van der Waals surface area contributed by atoms with Crippen LogP contribution >= 0.6 is 0 Å². The highest BCUT2D eigenvalue weighted by molar-refractivity contribution is 4.87. The molecule has 0 radical (unpaired) electrons. The number of nitrogens with one attached hydrogen (secondary N) is 1. The van der Waals surface area contributed by atoms with Crippen molar-refractivity contribution in [3.8, 4) is 0 Å². The Bertz CT molecular complexity index is 253. The van der Waals surface area contributed by atoms with Crippen LogP contribution in [0.15, 0.2) is 0 Å². The van der Waals surface area contributed by atoms with Gasteiger partial charge < -0.3 is 10.4 Å². The molecule has 0 amide bonds. The first kappa shape index (κ1) is 15.3. The first-order valence-electron chi connectivity index (χ1n) is 8.24. The fraction of sp³-hybridized carbons (Fsp3) is 1.00. The lowest BCUT2D eigenvalue weighted by atomic mass is 9.89. The summed E-state index contributed by atoms with van der Waals surface area (Å²) in [5, 5.41) is 12.9. The van der Waals surface area contributed by atoms with Crippen LogP contribution in [0.25, 0.3) is 0 Å². The van der Waals surface area contributed by atoms with Gasteiger partial charge in [-0.3, -0.25) is 4.90 Å². The lowest BCUT2D eigenvalue weighted by Gasteiger charge is -2.38. The number of aliphatic hydroxyl groups excluding tert-OH is 1. The molecule has 0 spiro atoms.